The van der Waals surface area contributed by atoms with Crippen LogP contribution in [0.25, 0.3) is 0 Å². The van der Waals surface area contributed by atoms with E-state index in [1.807, 2.05) is 18.2 Å². The summed E-state index contributed by atoms with van der Waals surface area (Å²) in [7, 11) is 0. The fourth-order valence-electron chi connectivity index (χ4n) is 2.21. The van der Waals surface area contributed by atoms with Gasteiger partial charge in [0.1, 0.15) is 5.66 Å². The number of rotatable bonds is 4. The highest BCUT2D eigenvalue weighted by Gasteiger charge is 2.28. The lowest BCUT2D eigenvalue weighted by Gasteiger charge is -2.41. The summed E-state index contributed by atoms with van der Waals surface area (Å²) < 4.78 is 0. The third-order valence-electron chi connectivity index (χ3n) is 3.26. The summed E-state index contributed by atoms with van der Waals surface area (Å²) in [5, 5.41) is 3.45. The summed E-state index contributed by atoms with van der Waals surface area (Å²) in [4.78, 5) is 2.21. The van der Waals surface area contributed by atoms with E-state index < -0.39 is 0 Å². The minimum absolute atomic E-state index is 0.312. The topological polar surface area (TPSA) is 41.3 Å². The Labute approximate surface area is 119 Å². The first kappa shape index (κ1) is 13.6. The Hall–Kier alpha value is -1.81. The zero-order chi connectivity index (χ0) is 13.7. The van der Waals surface area contributed by atoms with E-state index in [4.69, 9.17) is 18.0 Å². The Bertz CT molecular complexity index is 495. The van der Waals surface area contributed by atoms with Crippen LogP contribution in [0.4, 0.5) is 0 Å². The number of benzene rings is 1. The number of thiocarbonyl (C=S) groups is 1. The van der Waals surface area contributed by atoms with E-state index in [9.17, 15) is 0 Å². The van der Waals surface area contributed by atoms with Gasteiger partial charge in [0.05, 0.1) is 0 Å². The molecule has 0 saturated carbocycles. The second-order valence-corrected chi connectivity index (χ2v) is 5.21. The maximum Gasteiger partial charge on any atom is 0.165 e. The summed E-state index contributed by atoms with van der Waals surface area (Å²) in [5.74, 6) is 0. The SMILES string of the molecule is CC1(NC(N)=S)C=CC=CN1CCc1ccccc1. The molecule has 1 heterocycles. The first-order chi connectivity index (χ1) is 9.10. The van der Waals surface area contributed by atoms with Gasteiger partial charge in [-0.2, -0.15) is 0 Å². The van der Waals surface area contributed by atoms with Crippen LogP contribution < -0.4 is 11.1 Å². The smallest absolute Gasteiger partial charge is 0.165 e. The van der Waals surface area contributed by atoms with Crippen molar-refractivity contribution in [2.75, 3.05) is 6.54 Å². The van der Waals surface area contributed by atoms with E-state index in [-0.39, 0.29) is 5.66 Å². The van der Waals surface area contributed by atoms with Gasteiger partial charge in [-0.3, -0.25) is 0 Å². The molecule has 2 rings (SSSR count). The van der Waals surface area contributed by atoms with Gasteiger partial charge in [-0.15, -0.1) is 0 Å². The van der Waals surface area contributed by atoms with E-state index in [1.165, 1.54) is 5.56 Å². The van der Waals surface area contributed by atoms with Gasteiger partial charge in [0.2, 0.25) is 0 Å². The van der Waals surface area contributed by atoms with Crippen LogP contribution in [0.2, 0.25) is 0 Å². The largest absolute Gasteiger partial charge is 0.376 e. The van der Waals surface area contributed by atoms with Crippen molar-refractivity contribution in [3.05, 3.63) is 60.3 Å². The van der Waals surface area contributed by atoms with Crippen molar-refractivity contribution < 1.29 is 0 Å². The molecule has 0 spiro atoms. The van der Waals surface area contributed by atoms with Gasteiger partial charge in [-0.05, 0) is 43.3 Å². The number of allylic oxidation sites excluding steroid dienone is 2. The van der Waals surface area contributed by atoms with Crippen molar-refractivity contribution in [2.24, 2.45) is 5.73 Å². The molecule has 3 N–H and O–H groups in total. The fraction of sp³-hybridized carbons (Fsp3) is 0.267. The van der Waals surface area contributed by atoms with E-state index in [1.54, 1.807) is 0 Å². The Kier molecular flexibility index (Phi) is 4.22. The summed E-state index contributed by atoms with van der Waals surface area (Å²) in [6.45, 7) is 2.97. The normalized spacial score (nSPS) is 21.4. The van der Waals surface area contributed by atoms with Crippen molar-refractivity contribution in [1.82, 2.24) is 10.2 Å². The van der Waals surface area contributed by atoms with Gasteiger partial charge in [-0.1, -0.05) is 36.4 Å². The monoisotopic (exact) mass is 273 g/mol. The quantitative estimate of drug-likeness (QED) is 0.825. The Morgan fingerprint density at radius 1 is 1.32 bits per heavy atom. The molecule has 19 heavy (non-hydrogen) atoms. The lowest BCUT2D eigenvalue weighted by Crippen LogP contribution is -2.57. The lowest BCUT2D eigenvalue weighted by molar-refractivity contribution is 0.198. The molecule has 0 bridgehead atoms. The highest BCUT2D eigenvalue weighted by molar-refractivity contribution is 7.80. The molecule has 0 aromatic heterocycles. The molecule has 1 unspecified atom stereocenters. The molecule has 0 amide bonds. The maximum atomic E-state index is 5.61. The van der Waals surface area contributed by atoms with Crippen LogP contribution in [0.5, 0.6) is 0 Å². The zero-order valence-electron chi connectivity index (χ0n) is 11.0. The second kappa shape index (κ2) is 5.89. The highest BCUT2D eigenvalue weighted by Crippen LogP contribution is 2.19. The Morgan fingerprint density at radius 3 is 2.74 bits per heavy atom. The molecule has 1 atom stereocenters. The predicted octanol–water partition coefficient (Wildman–Crippen LogP) is 2.16. The number of nitrogens with one attached hydrogen (secondary N) is 1. The van der Waals surface area contributed by atoms with Crippen LogP contribution in [0.3, 0.4) is 0 Å². The van der Waals surface area contributed by atoms with Crippen molar-refractivity contribution >= 4 is 17.3 Å². The molecule has 0 fully saturated rings. The van der Waals surface area contributed by atoms with Gasteiger partial charge in [0, 0.05) is 12.7 Å². The fourth-order valence-corrected chi connectivity index (χ4v) is 2.42. The van der Waals surface area contributed by atoms with E-state index >= 15 is 0 Å². The molecule has 1 aliphatic heterocycles. The van der Waals surface area contributed by atoms with Crippen LogP contribution >= 0.6 is 12.2 Å². The molecular weight excluding hydrogens is 254 g/mol. The highest BCUT2D eigenvalue weighted by atomic mass is 32.1. The average Bonchev–Trinajstić information content (AvgIpc) is 2.38. The molecular formula is C15H19N3S. The average molecular weight is 273 g/mol. The minimum atomic E-state index is -0.352. The summed E-state index contributed by atoms with van der Waals surface area (Å²) >= 11 is 4.96. The second-order valence-electron chi connectivity index (χ2n) is 4.77. The number of nitrogens with two attached hydrogens (primary N) is 1. The van der Waals surface area contributed by atoms with E-state index in [0.29, 0.717) is 5.11 Å². The van der Waals surface area contributed by atoms with Crippen LogP contribution in [0.15, 0.2) is 54.8 Å². The zero-order valence-corrected chi connectivity index (χ0v) is 11.9. The standard InChI is InChI=1S/C15H19N3S/c1-15(17-14(16)19)10-5-6-11-18(15)12-9-13-7-3-2-4-8-13/h2-8,10-11H,9,12H2,1H3,(H3,16,17,19). The third kappa shape index (κ3) is 3.58. The molecule has 100 valence electrons. The van der Waals surface area contributed by atoms with Crippen LogP contribution in [0, 0.1) is 0 Å². The first-order valence-corrected chi connectivity index (χ1v) is 6.75. The summed E-state index contributed by atoms with van der Waals surface area (Å²) in [5.41, 5.74) is 6.58. The van der Waals surface area contributed by atoms with Crippen molar-refractivity contribution in [1.29, 1.82) is 0 Å². The number of nitrogens with zero attached hydrogens (tertiary/aromatic N) is 1. The van der Waals surface area contributed by atoms with Gasteiger partial charge in [0.15, 0.2) is 5.11 Å². The summed E-state index contributed by atoms with van der Waals surface area (Å²) in [6, 6.07) is 10.4. The molecule has 1 aromatic carbocycles. The number of hydrogen-bond acceptors (Lipinski definition) is 2. The molecule has 3 nitrogen and oxygen atoms in total. The van der Waals surface area contributed by atoms with Gasteiger partial charge in [0.25, 0.3) is 0 Å². The molecule has 0 saturated heterocycles. The molecule has 0 radical (unpaired) electrons. The van der Waals surface area contributed by atoms with Gasteiger partial charge >= 0.3 is 0 Å². The van der Waals surface area contributed by atoms with Crippen LogP contribution in [-0.4, -0.2) is 22.2 Å². The van der Waals surface area contributed by atoms with Crippen LogP contribution in [-0.2, 0) is 6.42 Å². The van der Waals surface area contributed by atoms with Crippen molar-refractivity contribution in [3.63, 3.8) is 0 Å². The molecule has 1 aliphatic rings. The third-order valence-corrected chi connectivity index (χ3v) is 3.36. The molecule has 1 aromatic rings. The van der Waals surface area contributed by atoms with Gasteiger partial charge < -0.3 is 16.0 Å². The van der Waals surface area contributed by atoms with E-state index in [0.717, 1.165) is 13.0 Å². The molecule has 4 heteroatoms. The molecule has 0 aliphatic carbocycles. The maximum absolute atomic E-state index is 5.61. The Morgan fingerprint density at radius 2 is 2.05 bits per heavy atom. The summed E-state index contributed by atoms with van der Waals surface area (Å²) in [6.07, 6.45) is 9.14. The van der Waals surface area contributed by atoms with Crippen molar-refractivity contribution in [3.8, 4) is 0 Å². The lowest BCUT2D eigenvalue weighted by atomic mass is 10.1. The van der Waals surface area contributed by atoms with E-state index in [2.05, 4.69) is 53.7 Å². The minimum Gasteiger partial charge on any atom is -0.376 e. The first-order valence-electron chi connectivity index (χ1n) is 6.34. The van der Waals surface area contributed by atoms with Gasteiger partial charge in [-0.25, -0.2) is 0 Å². The van der Waals surface area contributed by atoms with Crippen molar-refractivity contribution in [2.45, 2.75) is 19.0 Å². The Balaban J connectivity index is 2.03. The number of hydrogen-bond donors (Lipinski definition) is 2. The predicted molar refractivity (Wildman–Crippen MR) is 83.5 cm³/mol. The van der Waals surface area contributed by atoms with Crippen LogP contribution in [0.1, 0.15) is 12.5 Å².